The van der Waals surface area contributed by atoms with Crippen LogP contribution in [0.2, 0.25) is 0 Å². The summed E-state index contributed by atoms with van der Waals surface area (Å²) in [5.41, 5.74) is 6.24. The van der Waals surface area contributed by atoms with Gasteiger partial charge in [0.05, 0.1) is 11.4 Å². The van der Waals surface area contributed by atoms with Gasteiger partial charge in [-0.25, -0.2) is 4.79 Å². The molecular weight excluding hydrogens is 196 g/mol. The number of ether oxygens (including phenoxy) is 1. The predicted molar refractivity (Wildman–Crippen MR) is 57.6 cm³/mol. The Labute approximate surface area is 88.2 Å². The van der Waals surface area contributed by atoms with E-state index in [0.717, 1.165) is 0 Å². The van der Waals surface area contributed by atoms with Crippen LogP contribution in [-0.4, -0.2) is 21.9 Å². The first-order valence-corrected chi connectivity index (χ1v) is 4.60. The molecular formula is C9H16N4O2. The number of nitrogen functional groups attached to an aromatic ring is 1. The van der Waals surface area contributed by atoms with E-state index in [4.69, 9.17) is 10.5 Å². The van der Waals surface area contributed by atoms with Gasteiger partial charge in [0.15, 0.2) is 5.82 Å². The smallest absolute Gasteiger partial charge is 0.413 e. The molecule has 0 fully saturated rings. The molecule has 1 heterocycles. The third kappa shape index (κ3) is 3.16. The van der Waals surface area contributed by atoms with E-state index in [2.05, 4.69) is 15.5 Å². The number of aromatic amines is 1. The number of hydrogen-bond donors (Lipinski definition) is 3. The van der Waals surface area contributed by atoms with Crippen LogP contribution in [0.4, 0.5) is 16.3 Å². The maximum absolute atomic E-state index is 11.3. The average molecular weight is 212 g/mol. The third-order valence-corrected chi connectivity index (χ3v) is 1.61. The Bertz CT molecular complexity index is 365. The molecule has 0 aromatic carbocycles. The first-order chi connectivity index (χ1) is 6.79. The van der Waals surface area contributed by atoms with Gasteiger partial charge in [0.25, 0.3) is 0 Å². The number of nitrogens with one attached hydrogen (secondary N) is 2. The average Bonchev–Trinajstić information content (AvgIpc) is 2.32. The second-order valence-corrected chi connectivity index (χ2v) is 4.24. The molecule has 84 valence electrons. The van der Waals surface area contributed by atoms with Gasteiger partial charge in [-0.2, -0.15) is 5.10 Å². The highest BCUT2D eigenvalue weighted by Gasteiger charge is 2.18. The van der Waals surface area contributed by atoms with E-state index >= 15 is 0 Å². The molecule has 1 rings (SSSR count). The molecule has 1 amide bonds. The van der Waals surface area contributed by atoms with E-state index < -0.39 is 11.7 Å². The summed E-state index contributed by atoms with van der Waals surface area (Å²) >= 11 is 0. The van der Waals surface area contributed by atoms with Crippen molar-refractivity contribution >= 4 is 17.6 Å². The van der Waals surface area contributed by atoms with Crippen molar-refractivity contribution in [3.63, 3.8) is 0 Å². The zero-order valence-corrected chi connectivity index (χ0v) is 9.34. The van der Waals surface area contributed by atoms with Crippen LogP contribution in [0.3, 0.4) is 0 Å². The topological polar surface area (TPSA) is 93.0 Å². The summed E-state index contributed by atoms with van der Waals surface area (Å²) in [6.45, 7) is 7.12. The van der Waals surface area contributed by atoms with Gasteiger partial charge >= 0.3 is 6.09 Å². The number of anilines is 2. The van der Waals surface area contributed by atoms with Gasteiger partial charge in [0.1, 0.15) is 5.60 Å². The van der Waals surface area contributed by atoms with Crippen LogP contribution < -0.4 is 11.1 Å². The van der Waals surface area contributed by atoms with Crippen LogP contribution in [0.5, 0.6) is 0 Å². The van der Waals surface area contributed by atoms with Gasteiger partial charge in [0.2, 0.25) is 0 Å². The Morgan fingerprint density at radius 1 is 1.53 bits per heavy atom. The summed E-state index contributed by atoms with van der Waals surface area (Å²) in [5, 5.41) is 8.94. The summed E-state index contributed by atoms with van der Waals surface area (Å²) in [5.74, 6) is 0.293. The lowest BCUT2D eigenvalue weighted by molar-refractivity contribution is 0.0635. The van der Waals surface area contributed by atoms with Crippen LogP contribution in [0, 0.1) is 6.92 Å². The van der Waals surface area contributed by atoms with Gasteiger partial charge in [-0.05, 0) is 27.7 Å². The molecule has 0 atom stereocenters. The number of aromatic nitrogens is 2. The van der Waals surface area contributed by atoms with E-state index in [1.165, 1.54) is 0 Å². The lowest BCUT2D eigenvalue weighted by Gasteiger charge is -2.19. The number of carbonyl (C=O) groups is 1. The Kier molecular flexibility index (Phi) is 2.88. The molecule has 0 aliphatic carbocycles. The lowest BCUT2D eigenvalue weighted by atomic mass is 10.2. The number of carbonyl (C=O) groups excluding carboxylic acids is 1. The summed E-state index contributed by atoms with van der Waals surface area (Å²) in [6.07, 6.45) is -0.569. The van der Waals surface area contributed by atoms with Crippen LogP contribution in [-0.2, 0) is 4.74 Å². The zero-order chi connectivity index (χ0) is 11.6. The highest BCUT2D eigenvalue weighted by Crippen LogP contribution is 2.18. The zero-order valence-electron chi connectivity index (χ0n) is 9.34. The highest BCUT2D eigenvalue weighted by atomic mass is 16.6. The summed E-state index contributed by atoms with van der Waals surface area (Å²) in [4.78, 5) is 11.3. The van der Waals surface area contributed by atoms with Crippen LogP contribution in [0.15, 0.2) is 0 Å². The van der Waals surface area contributed by atoms with Crippen molar-refractivity contribution in [2.45, 2.75) is 33.3 Å². The van der Waals surface area contributed by atoms with Crippen molar-refractivity contribution in [1.29, 1.82) is 0 Å². The quantitative estimate of drug-likeness (QED) is 0.659. The van der Waals surface area contributed by atoms with Crippen LogP contribution in [0.1, 0.15) is 26.5 Å². The molecule has 0 aliphatic rings. The standard InChI is InChI=1S/C9H16N4O2/c1-5-6(10)7(13-12-5)11-8(14)15-9(2,3)4/h10H2,1-4H3,(H2,11,12,13,14). The van der Waals surface area contributed by atoms with Gasteiger partial charge < -0.3 is 10.5 Å². The fraction of sp³-hybridized carbons (Fsp3) is 0.556. The van der Waals surface area contributed by atoms with Crippen molar-refractivity contribution in [1.82, 2.24) is 10.2 Å². The minimum absolute atomic E-state index is 0.293. The van der Waals surface area contributed by atoms with E-state index in [1.807, 2.05) is 0 Å². The number of amides is 1. The Morgan fingerprint density at radius 3 is 2.53 bits per heavy atom. The minimum Gasteiger partial charge on any atom is -0.444 e. The van der Waals surface area contributed by atoms with Crippen LogP contribution >= 0.6 is 0 Å². The maximum atomic E-state index is 11.3. The van der Waals surface area contributed by atoms with Crippen molar-refractivity contribution in [2.24, 2.45) is 0 Å². The number of H-pyrrole nitrogens is 1. The Balaban J connectivity index is 2.63. The summed E-state index contributed by atoms with van der Waals surface area (Å²) in [6, 6.07) is 0. The minimum atomic E-state index is -0.569. The Hall–Kier alpha value is -1.72. The molecule has 0 radical (unpaired) electrons. The second kappa shape index (κ2) is 3.80. The number of rotatable bonds is 1. The molecule has 0 unspecified atom stereocenters. The van der Waals surface area contributed by atoms with Gasteiger partial charge in [0, 0.05) is 0 Å². The first-order valence-electron chi connectivity index (χ1n) is 4.60. The molecule has 6 heteroatoms. The largest absolute Gasteiger partial charge is 0.444 e. The molecule has 0 saturated heterocycles. The highest BCUT2D eigenvalue weighted by molar-refractivity contribution is 5.87. The number of hydrogen-bond acceptors (Lipinski definition) is 4. The normalized spacial score (nSPS) is 11.2. The van der Waals surface area contributed by atoms with Gasteiger partial charge in [-0.3, -0.25) is 10.4 Å². The fourth-order valence-corrected chi connectivity index (χ4v) is 0.933. The lowest BCUT2D eigenvalue weighted by Crippen LogP contribution is -2.27. The van der Waals surface area contributed by atoms with Crippen molar-refractivity contribution < 1.29 is 9.53 Å². The molecule has 0 saturated carbocycles. The molecule has 0 aliphatic heterocycles. The SMILES string of the molecule is Cc1[nH]nc(NC(=O)OC(C)(C)C)c1N. The molecule has 6 nitrogen and oxygen atoms in total. The van der Waals surface area contributed by atoms with Gasteiger partial charge in [-0.1, -0.05) is 0 Å². The molecule has 1 aromatic rings. The molecule has 15 heavy (non-hydrogen) atoms. The molecule has 0 spiro atoms. The molecule has 4 N–H and O–H groups in total. The first kappa shape index (κ1) is 11.4. The monoisotopic (exact) mass is 212 g/mol. The van der Waals surface area contributed by atoms with Crippen molar-refractivity contribution in [3.05, 3.63) is 5.69 Å². The summed E-state index contributed by atoms with van der Waals surface area (Å²) < 4.78 is 5.05. The Morgan fingerprint density at radius 2 is 2.13 bits per heavy atom. The van der Waals surface area contributed by atoms with Gasteiger partial charge in [-0.15, -0.1) is 0 Å². The fourth-order valence-electron chi connectivity index (χ4n) is 0.933. The summed E-state index contributed by atoms with van der Waals surface area (Å²) in [7, 11) is 0. The number of nitrogens with zero attached hydrogens (tertiary/aromatic N) is 1. The maximum Gasteiger partial charge on any atom is 0.413 e. The van der Waals surface area contributed by atoms with Crippen molar-refractivity contribution in [3.8, 4) is 0 Å². The van der Waals surface area contributed by atoms with Crippen molar-refractivity contribution in [2.75, 3.05) is 11.1 Å². The van der Waals surface area contributed by atoms with E-state index in [9.17, 15) is 4.79 Å². The number of aryl methyl sites for hydroxylation is 1. The second-order valence-electron chi connectivity index (χ2n) is 4.24. The molecule has 1 aromatic heterocycles. The van der Waals surface area contributed by atoms with E-state index in [-0.39, 0.29) is 0 Å². The van der Waals surface area contributed by atoms with Crippen LogP contribution in [0.25, 0.3) is 0 Å². The van der Waals surface area contributed by atoms with E-state index in [0.29, 0.717) is 17.2 Å². The number of nitrogens with two attached hydrogens (primary N) is 1. The third-order valence-electron chi connectivity index (χ3n) is 1.61. The van der Waals surface area contributed by atoms with E-state index in [1.54, 1.807) is 27.7 Å². The molecule has 0 bridgehead atoms. The predicted octanol–water partition coefficient (Wildman–Crippen LogP) is 1.65.